The molecule has 9 heteroatoms. The van der Waals surface area contributed by atoms with Crippen molar-refractivity contribution in [3.63, 3.8) is 0 Å². The van der Waals surface area contributed by atoms with Gasteiger partial charge in [-0.3, -0.25) is 9.59 Å². The van der Waals surface area contributed by atoms with E-state index >= 15 is 0 Å². The third-order valence-electron chi connectivity index (χ3n) is 4.81. The van der Waals surface area contributed by atoms with Crippen LogP contribution in [0.2, 0.25) is 0 Å². The molecule has 1 fully saturated rings. The van der Waals surface area contributed by atoms with Crippen LogP contribution in [0.4, 0.5) is 11.6 Å². The lowest BCUT2D eigenvalue weighted by Gasteiger charge is -2.22. The zero-order valence-electron chi connectivity index (χ0n) is 16.4. The second-order valence-electron chi connectivity index (χ2n) is 7.05. The summed E-state index contributed by atoms with van der Waals surface area (Å²) in [6, 6.07) is 0.0790. The molecule has 1 saturated heterocycles. The number of aryl methyl sites for hydroxylation is 2. The lowest BCUT2D eigenvalue weighted by Crippen LogP contribution is -2.32. The van der Waals surface area contributed by atoms with Gasteiger partial charge in [0.15, 0.2) is 5.82 Å². The molecular weight excluding hydrogens is 346 g/mol. The average molecular weight is 371 g/mol. The fourth-order valence-corrected chi connectivity index (χ4v) is 3.08. The lowest BCUT2D eigenvalue weighted by molar-refractivity contribution is 0.0815. The summed E-state index contributed by atoms with van der Waals surface area (Å²) in [5, 5.41) is 3.23. The summed E-state index contributed by atoms with van der Waals surface area (Å²) in [4.78, 5) is 41.0. The number of rotatable bonds is 4. The summed E-state index contributed by atoms with van der Waals surface area (Å²) in [6.45, 7) is 5.30. The summed E-state index contributed by atoms with van der Waals surface area (Å²) < 4.78 is 1.50. The molecule has 144 valence electrons. The van der Waals surface area contributed by atoms with Crippen molar-refractivity contribution >= 4 is 17.5 Å². The predicted octanol–water partition coefficient (Wildman–Crippen LogP) is 0.580. The quantitative estimate of drug-likeness (QED) is 0.840. The Kier molecular flexibility index (Phi) is 5.11. The molecule has 9 nitrogen and oxygen atoms in total. The minimum absolute atomic E-state index is 0.0790. The number of aromatic nitrogens is 4. The molecule has 3 heterocycles. The molecule has 0 bridgehead atoms. The molecule has 27 heavy (non-hydrogen) atoms. The molecule has 2 aromatic heterocycles. The molecule has 3 rings (SSSR count). The maximum atomic E-state index is 12.3. The number of amides is 1. The summed E-state index contributed by atoms with van der Waals surface area (Å²) in [5.74, 6) is 1.11. The van der Waals surface area contributed by atoms with Gasteiger partial charge < -0.3 is 19.7 Å². The van der Waals surface area contributed by atoms with E-state index in [1.54, 1.807) is 33.5 Å². The van der Waals surface area contributed by atoms with Gasteiger partial charge in [0, 0.05) is 63.9 Å². The molecule has 0 aliphatic carbocycles. The van der Waals surface area contributed by atoms with Crippen molar-refractivity contribution in [2.75, 3.05) is 37.4 Å². The Morgan fingerprint density at radius 1 is 1.30 bits per heavy atom. The van der Waals surface area contributed by atoms with Gasteiger partial charge in [-0.25, -0.2) is 15.0 Å². The van der Waals surface area contributed by atoms with Crippen LogP contribution >= 0.6 is 0 Å². The Balaban J connectivity index is 1.81. The van der Waals surface area contributed by atoms with Crippen molar-refractivity contribution in [3.05, 3.63) is 39.8 Å². The Bertz CT molecular complexity index is 922. The molecule has 1 N–H and O–H groups in total. The van der Waals surface area contributed by atoms with Crippen molar-refractivity contribution in [2.24, 2.45) is 7.05 Å². The van der Waals surface area contributed by atoms with E-state index in [1.165, 1.54) is 9.47 Å². The minimum atomic E-state index is -0.217. The Hall–Kier alpha value is -2.97. The molecule has 1 aliphatic heterocycles. The fourth-order valence-electron chi connectivity index (χ4n) is 3.08. The average Bonchev–Trinajstić information content (AvgIpc) is 3.08. The fraction of sp³-hybridized carbons (Fsp3) is 0.500. The molecule has 2 aromatic rings. The van der Waals surface area contributed by atoms with Crippen LogP contribution in [0.25, 0.3) is 0 Å². The van der Waals surface area contributed by atoms with Crippen LogP contribution in [0.15, 0.2) is 17.2 Å². The molecular formula is C18H25N7O2. The topological polar surface area (TPSA) is 96.2 Å². The largest absolute Gasteiger partial charge is 0.361 e. The molecule has 0 aromatic carbocycles. The van der Waals surface area contributed by atoms with Crippen molar-refractivity contribution in [2.45, 2.75) is 26.3 Å². The van der Waals surface area contributed by atoms with Gasteiger partial charge in [-0.1, -0.05) is 0 Å². The van der Waals surface area contributed by atoms with Crippen LogP contribution in [-0.2, 0) is 7.05 Å². The molecule has 0 radical (unpaired) electrons. The van der Waals surface area contributed by atoms with Gasteiger partial charge in [0.05, 0.1) is 0 Å². The number of nitrogens with one attached hydrogen (secondary N) is 1. The first-order chi connectivity index (χ1) is 12.8. The Labute approximate surface area is 158 Å². The maximum absolute atomic E-state index is 12.3. The van der Waals surface area contributed by atoms with Gasteiger partial charge >= 0.3 is 0 Å². The van der Waals surface area contributed by atoms with Gasteiger partial charge in [-0.2, -0.15) is 0 Å². The van der Waals surface area contributed by atoms with Crippen molar-refractivity contribution in [1.29, 1.82) is 0 Å². The maximum Gasteiger partial charge on any atom is 0.293 e. The number of hydrogen-bond donors (Lipinski definition) is 1. The standard InChI is InChI=1S/C18H25N7O2/c1-11-12(2)20-15(17(26)23(3)4)22-16(11)25-8-6-13(10-25)21-14-18(27)24(5)9-7-19-14/h7,9,13H,6,8,10H2,1-5H3,(H,19,21)/t13-/m1/s1. The first kappa shape index (κ1) is 18.8. The molecule has 0 saturated carbocycles. The van der Waals surface area contributed by atoms with Gasteiger partial charge in [0.2, 0.25) is 5.82 Å². The van der Waals surface area contributed by atoms with Crippen molar-refractivity contribution in [1.82, 2.24) is 24.4 Å². The smallest absolute Gasteiger partial charge is 0.293 e. The Morgan fingerprint density at radius 3 is 2.74 bits per heavy atom. The van der Waals surface area contributed by atoms with E-state index in [9.17, 15) is 9.59 Å². The van der Waals surface area contributed by atoms with E-state index in [-0.39, 0.29) is 23.3 Å². The van der Waals surface area contributed by atoms with Crippen LogP contribution < -0.4 is 15.8 Å². The van der Waals surface area contributed by atoms with E-state index in [4.69, 9.17) is 0 Å². The third-order valence-corrected chi connectivity index (χ3v) is 4.81. The second-order valence-corrected chi connectivity index (χ2v) is 7.05. The Morgan fingerprint density at radius 2 is 2.04 bits per heavy atom. The number of hydrogen-bond acceptors (Lipinski definition) is 7. The summed E-state index contributed by atoms with van der Waals surface area (Å²) in [7, 11) is 5.07. The first-order valence-electron chi connectivity index (χ1n) is 8.88. The number of nitrogens with zero attached hydrogens (tertiary/aromatic N) is 6. The molecule has 1 aliphatic rings. The van der Waals surface area contributed by atoms with Crippen LogP contribution in [-0.4, -0.2) is 63.6 Å². The molecule has 0 spiro atoms. The van der Waals surface area contributed by atoms with Gasteiger partial charge in [-0.05, 0) is 20.3 Å². The van der Waals surface area contributed by atoms with Crippen LogP contribution in [0.1, 0.15) is 28.3 Å². The normalized spacial score (nSPS) is 16.5. The zero-order valence-corrected chi connectivity index (χ0v) is 16.4. The highest BCUT2D eigenvalue weighted by Crippen LogP contribution is 2.25. The van der Waals surface area contributed by atoms with Gasteiger partial charge in [-0.15, -0.1) is 0 Å². The number of carbonyl (C=O) groups is 1. The van der Waals surface area contributed by atoms with E-state index < -0.39 is 0 Å². The van der Waals surface area contributed by atoms with Crippen LogP contribution in [0.5, 0.6) is 0 Å². The first-order valence-corrected chi connectivity index (χ1v) is 8.88. The summed E-state index contributed by atoms with van der Waals surface area (Å²) in [5.41, 5.74) is 1.60. The zero-order chi connectivity index (χ0) is 19.7. The SMILES string of the molecule is Cc1nc(C(=O)N(C)C)nc(N2CC[C@@H](Nc3nccn(C)c3=O)C2)c1C. The molecule has 1 atom stereocenters. The van der Waals surface area contributed by atoms with E-state index in [0.29, 0.717) is 12.4 Å². The lowest BCUT2D eigenvalue weighted by atomic mass is 10.2. The number of anilines is 2. The highest BCUT2D eigenvalue weighted by atomic mass is 16.2. The second kappa shape index (κ2) is 7.34. The third kappa shape index (κ3) is 3.76. The molecule has 1 amide bonds. The van der Waals surface area contributed by atoms with E-state index in [0.717, 1.165) is 30.0 Å². The van der Waals surface area contributed by atoms with Crippen molar-refractivity contribution < 1.29 is 4.79 Å². The highest BCUT2D eigenvalue weighted by molar-refractivity contribution is 5.90. The van der Waals surface area contributed by atoms with E-state index in [1.807, 2.05) is 13.8 Å². The molecule has 0 unspecified atom stereocenters. The summed E-state index contributed by atoms with van der Waals surface area (Å²) >= 11 is 0. The van der Waals surface area contributed by atoms with Gasteiger partial charge in [0.1, 0.15) is 5.82 Å². The van der Waals surface area contributed by atoms with Crippen molar-refractivity contribution in [3.8, 4) is 0 Å². The number of carbonyl (C=O) groups excluding carboxylic acids is 1. The van der Waals surface area contributed by atoms with Crippen LogP contribution in [0, 0.1) is 13.8 Å². The summed E-state index contributed by atoms with van der Waals surface area (Å²) in [6.07, 6.45) is 4.08. The van der Waals surface area contributed by atoms with Gasteiger partial charge in [0.25, 0.3) is 11.5 Å². The monoisotopic (exact) mass is 371 g/mol. The van der Waals surface area contributed by atoms with Crippen LogP contribution in [0.3, 0.4) is 0 Å². The van der Waals surface area contributed by atoms with E-state index in [2.05, 4.69) is 25.2 Å². The highest BCUT2D eigenvalue weighted by Gasteiger charge is 2.27. The predicted molar refractivity (Wildman–Crippen MR) is 103 cm³/mol. The minimum Gasteiger partial charge on any atom is -0.361 e.